The first-order valence-corrected chi connectivity index (χ1v) is 11.3. The molecule has 0 unspecified atom stereocenters. The summed E-state index contributed by atoms with van der Waals surface area (Å²) in [5, 5.41) is 13.2. The third kappa shape index (κ3) is 3.51. The molecule has 0 bridgehead atoms. The zero-order valence-electron chi connectivity index (χ0n) is 16.7. The van der Waals surface area contributed by atoms with Crippen molar-refractivity contribution in [2.24, 2.45) is 0 Å². The largest absolute Gasteiger partial charge is 0.381 e. The molecule has 1 aliphatic rings. The number of anilines is 1. The van der Waals surface area contributed by atoms with Crippen LogP contribution < -0.4 is 5.73 Å². The van der Waals surface area contributed by atoms with E-state index in [1.807, 2.05) is 6.92 Å². The van der Waals surface area contributed by atoms with Gasteiger partial charge in [-0.1, -0.05) is 18.9 Å². The summed E-state index contributed by atoms with van der Waals surface area (Å²) < 4.78 is 30.1. The highest BCUT2D eigenvalue weighted by Gasteiger charge is 2.33. The van der Waals surface area contributed by atoms with Crippen molar-refractivity contribution in [3.05, 3.63) is 36.3 Å². The lowest BCUT2D eigenvalue weighted by Gasteiger charge is -2.27. The number of imidazole rings is 1. The highest BCUT2D eigenvalue weighted by atomic mass is 32.2. The lowest BCUT2D eigenvalue weighted by atomic mass is 10.1. The standard InChI is InChI=1S/C20H23N7O2S/c1-14-7-8-16(30(28,29)26(10-4-9-21)15-5-2-3-6-15)11-17(14)18-12-23-20-19(22)24-13-25-27(18)20/h7-8,11-13,15H,2-6,10H2,1H3,(H2,22,24,25). The molecule has 0 saturated heterocycles. The number of hydrogen-bond donors (Lipinski definition) is 1. The van der Waals surface area contributed by atoms with Gasteiger partial charge in [0, 0.05) is 24.6 Å². The number of aromatic nitrogens is 4. The summed E-state index contributed by atoms with van der Waals surface area (Å²) in [7, 11) is -3.75. The molecule has 2 heterocycles. The summed E-state index contributed by atoms with van der Waals surface area (Å²) in [6.07, 6.45) is 6.78. The molecule has 1 saturated carbocycles. The van der Waals surface area contributed by atoms with E-state index in [1.165, 1.54) is 10.6 Å². The zero-order chi connectivity index (χ0) is 21.3. The Bertz CT molecular complexity index is 1220. The van der Waals surface area contributed by atoms with Crippen LogP contribution in [0.15, 0.2) is 35.6 Å². The normalized spacial score (nSPS) is 15.1. The Labute approximate surface area is 175 Å². The number of fused-ring (bicyclic) bond motifs is 1. The molecule has 0 atom stereocenters. The molecule has 10 heteroatoms. The molecule has 0 amide bonds. The van der Waals surface area contributed by atoms with Gasteiger partial charge < -0.3 is 5.73 Å². The first-order chi connectivity index (χ1) is 14.4. The molecule has 0 aliphatic heterocycles. The van der Waals surface area contributed by atoms with Crippen LogP contribution in [0.25, 0.3) is 16.9 Å². The Hall–Kier alpha value is -3.03. The van der Waals surface area contributed by atoms with Gasteiger partial charge in [0.1, 0.15) is 6.33 Å². The highest BCUT2D eigenvalue weighted by molar-refractivity contribution is 7.89. The van der Waals surface area contributed by atoms with Crippen LogP contribution in [0.5, 0.6) is 0 Å². The lowest BCUT2D eigenvalue weighted by Crippen LogP contribution is -2.39. The van der Waals surface area contributed by atoms with Crippen molar-refractivity contribution in [2.45, 2.75) is 50.0 Å². The number of aryl methyl sites for hydroxylation is 1. The summed E-state index contributed by atoms with van der Waals surface area (Å²) in [5.74, 6) is 0.251. The van der Waals surface area contributed by atoms with E-state index in [4.69, 9.17) is 11.0 Å². The summed E-state index contributed by atoms with van der Waals surface area (Å²) >= 11 is 0. The maximum absolute atomic E-state index is 13.5. The zero-order valence-corrected chi connectivity index (χ0v) is 17.5. The van der Waals surface area contributed by atoms with Gasteiger partial charge in [-0.05, 0) is 37.5 Å². The van der Waals surface area contributed by atoms with Gasteiger partial charge in [-0.25, -0.2) is 22.9 Å². The first-order valence-electron chi connectivity index (χ1n) is 9.87. The fourth-order valence-corrected chi connectivity index (χ4v) is 5.76. The maximum Gasteiger partial charge on any atom is 0.243 e. The number of nitriles is 1. The topological polar surface area (TPSA) is 130 Å². The Morgan fingerprint density at radius 1 is 1.30 bits per heavy atom. The van der Waals surface area contributed by atoms with Crippen molar-refractivity contribution >= 4 is 21.5 Å². The second-order valence-corrected chi connectivity index (χ2v) is 9.35. The second kappa shape index (κ2) is 8.01. The average Bonchev–Trinajstić information content (AvgIpc) is 3.39. The Balaban J connectivity index is 1.80. The minimum absolute atomic E-state index is 0.0589. The van der Waals surface area contributed by atoms with Crippen molar-refractivity contribution in [1.82, 2.24) is 23.9 Å². The smallest absolute Gasteiger partial charge is 0.243 e. The van der Waals surface area contributed by atoms with Gasteiger partial charge in [0.15, 0.2) is 11.5 Å². The van der Waals surface area contributed by atoms with Crippen LogP contribution >= 0.6 is 0 Å². The minimum Gasteiger partial charge on any atom is -0.381 e. The van der Waals surface area contributed by atoms with Crippen molar-refractivity contribution in [1.29, 1.82) is 5.26 Å². The summed E-state index contributed by atoms with van der Waals surface area (Å²) in [5.41, 5.74) is 8.52. The number of rotatable bonds is 6. The summed E-state index contributed by atoms with van der Waals surface area (Å²) in [4.78, 5) is 8.43. The van der Waals surface area contributed by atoms with Gasteiger partial charge in [-0.2, -0.15) is 14.7 Å². The number of benzene rings is 1. The number of nitrogens with two attached hydrogens (primary N) is 1. The van der Waals surface area contributed by atoms with Gasteiger partial charge in [0.25, 0.3) is 0 Å². The average molecular weight is 426 g/mol. The van der Waals surface area contributed by atoms with E-state index in [0.717, 1.165) is 31.2 Å². The van der Waals surface area contributed by atoms with E-state index in [9.17, 15) is 8.42 Å². The van der Waals surface area contributed by atoms with Crippen LogP contribution in [0, 0.1) is 18.3 Å². The Kier molecular flexibility index (Phi) is 5.40. The van der Waals surface area contributed by atoms with Crippen LogP contribution in [0.2, 0.25) is 0 Å². The van der Waals surface area contributed by atoms with Crippen LogP contribution in [-0.4, -0.2) is 44.9 Å². The molecule has 1 aliphatic carbocycles. The lowest BCUT2D eigenvalue weighted by molar-refractivity contribution is 0.328. The predicted molar refractivity (Wildman–Crippen MR) is 112 cm³/mol. The number of nitrogen functional groups attached to an aromatic ring is 1. The SMILES string of the molecule is Cc1ccc(S(=O)(=O)N(CCC#N)C2CCCC2)cc1-c1cnc2c(N)ncnn12. The first kappa shape index (κ1) is 20.3. The van der Waals surface area contributed by atoms with Crippen LogP contribution in [0.3, 0.4) is 0 Å². The Morgan fingerprint density at radius 3 is 2.80 bits per heavy atom. The van der Waals surface area contributed by atoms with E-state index < -0.39 is 10.0 Å². The van der Waals surface area contributed by atoms with Crippen molar-refractivity contribution in [3.63, 3.8) is 0 Å². The van der Waals surface area contributed by atoms with E-state index >= 15 is 0 Å². The van der Waals surface area contributed by atoms with Gasteiger partial charge in [0.05, 0.1) is 22.9 Å². The maximum atomic E-state index is 13.5. The van der Waals surface area contributed by atoms with Crippen molar-refractivity contribution in [3.8, 4) is 17.3 Å². The molecule has 3 aromatic rings. The van der Waals surface area contributed by atoms with E-state index in [-0.39, 0.29) is 29.7 Å². The van der Waals surface area contributed by atoms with Crippen LogP contribution in [0.1, 0.15) is 37.7 Å². The predicted octanol–water partition coefficient (Wildman–Crippen LogP) is 2.53. The highest BCUT2D eigenvalue weighted by Crippen LogP contribution is 2.32. The van der Waals surface area contributed by atoms with Crippen LogP contribution in [-0.2, 0) is 10.0 Å². The summed E-state index contributed by atoms with van der Waals surface area (Å²) in [6.45, 7) is 2.10. The van der Waals surface area contributed by atoms with E-state index in [0.29, 0.717) is 16.9 Å². The molecule has 9 nitrogen and oxygen atoms in total. The number of sulfonamides is 1. The molecular weight excluding hydrogens is 402 g/mol. The molecular formula is C20H23N7O2S. The minimum atomic E-state index is -3.75. The monoisotopic (exact) mass is 425 g/mol. The third-order valence-corrected chi connectivity index (χ3v) is 7.55. The van der Waals surface area contributed by atoms with E-state index in [2.05, 4.69) is 21.1 Å². The molecule has 4 rings (SSSR count). The molecule has 30 heavy (non-hydrogen) atoms. The number of nitrogens with zero attached hydrogens (tertiary/aromatic N) is 6. The van der Waals surface area contributed by atoms with Crippen molar-refractivity contribution < 1.29 is 8.42 Å². The van der Waals surface area contributed by atoms with Gasteiger partial charge >= 0.3 is 0 Å². The van der Waals surface area contributed by atoms with Crippen LogP contribution in [0.4, 0.5) is 5.82 Å². The Morgan fingerprint density at radius 2 is 2.07 bits per heavy atom. The molecule has 1 fully saturated rings. The van der Waals surface area contributed by atoms with Gasteiger partial charge in [0.2, 0.25) is 10.0 Å². The molecule has 0 radical (unpaired) electrons. The molecule has 2 N–H and O–H groups in total. The van der Waals surface area contributed by atoms with Crippen molar-refractivity contribution in [2.75, 3.05) is 12.3 Å². The van der Waals surface area contributed by atoms with Gasteiger partial charge in [-0.3, -0.25) is 0 Å². The quantitative estimate of drug-likeness (QED) is 0.642. The molecule has 1 aromatic carbocycles. The fourth-order valence-electron chi connectivity index (χ4n) is 4.04. The second-order valence-electron chi connectivity index (χ2n) is 7.46. The fraction of sp³-hybridized carbons (Fsp3) is 0.400. The molecule has 2 aromatic heterocycles. The molecule has 0 spiro atoms. The van der Waals surface area contributed by atoms with E-state index in [1.54, 1.807) is 28.9 Å². The summed E-state index contributed by atoms with van der Waals surface area (Å²) in [6, 6.07) is 7.07. The molecule has 156 valence electrons. The van der Waals surface area contributed by atoms with Gasteiger partial charge in [-0.15, -0.1) is 0 Å². The number of hydrogen-bond acceptors (Lipinski definition) is 7. The third-order valence-electron chi connectivity index (χ3n) is 5.60.